The molecule has 1 atom stereocenters. The zero-order valence-corrected chi connectivity index (χ0v) is 17.5. The number of nitrogens with two attached hydrogens (primary N) is 1. The first-order valence-electron chi connectivity index (χ1n) is 8.21. The van der Waals surface area contributed by atoms with Gasteiger partial charge in [-0.05, 0) is 40.5 Å². The summed E-state index contributed by atoms with van der Waals surface area (Å²) < 4.78 is 13.1. The lowest BCUT2D eigenvalue weighted by molar-refractivity contribution is -0.120. The van der Waals surface area contributed by atoms with Gasteiger partial charge in [0.15, 0.2) is 11.5 Å². The third-order valence-electron chi connectivity index (χ3n) is 3.83. The van der Waals surface area contributed by atoms with Crippen molar-refractivity contribution in [3.8, 4) is 11.5 Å². The largest absolute Gasteiger partial charge is 0.493 e. The molecule has 2 aromatic heterocycles. The zero-order valence-electron chi connectivity index (χ0n) is 15.9. The maximum atomic E-state index is 12.4. The van der Waals surface area contributed by atoms with Crippen molar-refractivity contribution in [3.63, 3.8) is 0 Å². The number of amides is 1. The van der Waals surface area contributed by atoms with Crippen LogP contribution in [0, 0.1) is 0 Å². The molecule has 0 aliphatic rings. The van der Waals surface area contributed by atoms with Crippen molar-refractivity contribution in [3.05, 3.63) is 55.8 Å². The maximum Gasteiger partial charge on any atom is 0.347 e. The molecule has 0 saturated carbocycles. The van der Waals surface area contributed by atoms with Crippen molar-refractivity contribution in [2.45, 2.75) is 19.5 Å². The van der Waals surface area contributed by atoms with Crippen LogP contribution in [-0.2, 0) is 11.3 Å². The molecule has 156 valence electrons. The minimum absolute atomic E-state index is 0.219. The van der Waals surface area contributed by atoms with Crippen LogP contribution in [-0.4, -0.2) is 49.7 Å². The zero-order chi connectivity index (χ0) is 21.6. The van der Waals surface area contributed by atoms with E-state index < -0.39 is 17.6 Å². The van der Waals surface area contributed by atoms with E-state index in [2.05, 4.69) is 36.2 Å². The molecule has 2 heterocycles. The first-order valence-corrected chi connectivity index (χ1v) is 9.00. The summed E-state index contributed by atoms with van der Waals surface area (Å²) in [6, 6.07) is 4.52. The number of aromatic amines is 2. The summed E-state index contributed by atoms with van der Waals surface area (Å²) in [5.41, 5.74) is 5.35. The van der Waals surface area contributed by atoms with Gasteiger partial charge in [0.25, 0.3) is 0 Å². The predicted molar refractivity (Wildman–Crippen MR) is 106 cm³/mol. The number of hydrogen-bond acceptors (Lipinski definition) is 7. The summed E-state index contributed by atoms with van der Waals surface area (Å²) in [7, 11) is 3.08. The molecule has 4 N–H and O–H groups in total. The summed E-state index contributed by atoms with van der Waals surface area (Å²) >= 11 is 3.18. The number of methoxy groups -OCH3 is 2. The van der Waals surface area contributed by atoms with Crippen LogP contribution in [0.25, 0.3) is 0 Å². The minimum Gasteiger partial charge on any atom is -0.493 e. The highest BCUT2D eigenvalue weighted by atomic mass is 79.9. The fraction of sp³-hybridized carbons (Fsp3) is 0.312. The normalized spacial score (nSPS) is 11.3. The quantitative estimate of drug-likeness (QED) is 0.457. The van der Waals surface area contributed by atoms with Gasteiger partial charge in [-0.25, -0.2) is 19.4 Å². The SMILES string of the molecule is COc1ccc(Cn2nc(Br)n(C(C)C(N)=O)c2=O)cc1OC.O=c1[nH]cn[nH]1. The van der Waals surface area contributed by atoms with Crippen molar-refractivity contribution in [2.75, 3.05) is 14.2 Å². The van der Waals surface area contributed by atoms with Gasteiger partial charge in [0.1, 0.15) is 12.4 Å². The molecule has 0 radical (unpaired) electrons. The molecule has 13 heteroatoms. The molecule has 3 aromatic rings. The first-order chi connectivity index (χ1) is 13.8. The summed E-state index contributed by atoms with van der Waals surface area (Å²) in [5.74, 6) is 0.540. The Hall–Kier alpha value is -3.35. The average molecular weight is 470 g/mol. The van der Waals surface area contributed by atoms with E-state index in [9.17, 15) is 14.4 Å². The summed E-state index contributed by atoms with van der Waals surface area (Å²) in [4.78, 5) is 35.9. The van der Waals surface area contributed by atoms with Crippen LogP contribution in [0.4, 0.5) is 0 Å². The van der Waals surface area contributed by atoms with E-state index in [-0.39, 0.29) is 17.0 Å². The Bertz CT molecular complexity index is 1070. The van der Waals surface area contributed by atoms with Gasteiger partial charge in [-0.1, -0.05) is 6.07 Å². The Morgan fingerprint density at radius 2 is 1.97 bits per heavy atom. The van der Waals surface area contributed by atoms with E-state index in [4.69, 9.17) is 15.2 Å². The Balaban J connectivity index is 0.000000426. The van der Waals surface area contributed by atoms with Crippen LogP contribution >= 0.6 is 15.9 Å². The average Bonchev–Trinajstić information content (AvgIpc) is 3.28. The van der Waals surface area contributed by atoms with Crippen LogP contribution in [0.5, 0.6) is 11.5 Å². The highest BCUT2D eigenvalue weighted by molar-refractivity contribution is 9.10. The Kier molecular flexibility index (Phi) is 7.36. The number of nitrogens with zero attached hydrogens (tertiary/aromatic N) is 4. The van der Waals surface area contributed by atoms with Gasteiger partial charge in [0.05, 0.1) is 20.8 Å². The number of nitrogens with one attached hydrogen (secondary N) is 2. The molecule has 0 aliphatic heterocycles. The first kappa shape index (κ1) is 21.9. The Labute approximate surface area is 172 Å². The Morgan fingerprint density at radius 3 is 2.45 bits per heavy atom. The third-order valence-corrected chi connectivity index (χ3v) is 4.38. The van der Waals surface area contributed by atoms with Crippen molar-refractivity contribution in [1.29, 1.82) is 0 Å². The van der Waals surface area contributed by atoms with E-state index in [1.807, 2.05) is 0 Å². The molecular weight excluding hydrogens is 450 g/mol. The Morgan fingerprint density at radius 1 is 1.28 bits per heavy atom. The van der Waals surface area contributed by atoms with E-state index in [1.54, 1.807) is 25.3 Å². The smallest absolute Gasteiger partial charge is 0.347 e. The number of aromatic nitrogens is 6. The number of rotatable bonds is 6. The molecule has 0 saturated heterocycles. The summed E-state index contributed by atoms with van der Waals surface area (Å²) in [5, 5.41) is 9.58. The number of carbonyl (C=O) groups is 1. The van der Waals surface area contributed by atoms with Gasteiger partial charge in [-0.3, -0.25) is 14.3 Å². The van der Waals surface area contributed by atoms with E-state index >= 15 is 0 Å². The predicted octanol–water partition coefficient (Wildman–Crippen LogP) is 0.0171. The maximum absolute atomic E-state index is 12.4. The molecule has 0 spiro atoms. The molecular formula is C16H20BrN7O5. The second-order valence-electron chi connectivity index (χ2n) is 5.69. The second kappa shape index (κ2) is 9.73. The molecule has 3 rings (SSSR count). The van der Waals surface area contributed by atoms with Gasteiger partial charge in [0, 0.05) is 0 Å². The van der Waals surface area contributed by atoms with Crippen molar-refractivity contribution < 1.29 is 14.3 Å². The van der Waals surface area contributed by atoms with Crippen molar-refractivity contribution >= 4 is 21.8 Å². The van der Waals surface area contributed by atoms with E-state index in [0.717, 1.165) is 5.56 Å². The molecule has 0 aliphatic carbocycles. The van der Waals surface area contributed by atoms with Gasteiger partial charge >= 0.3 is 11.4 Å². The standard InChI is InChI=1S/C14H17BrN4O4.C2H3N3O/c1-8(12(16)20)19-13(15)17-18(14(19)21)7-9-4-5-10(22-2)11(6-9)23-3;6-2-3-1-4-5-2/h4-6,8H,7H2,1-3H3,(H2,16,20);1H,(H2,3,4,5,6). The molecule has 1 unspecified atom stereocenters. The van der Waals surface area contributed by atoms with Crippen LogP contribution in [0.15, 0.2) is 38.8 Å². The lowest BCUT2D eigenvalue weighted by atomic mass is 10.2. The van der Waals surface area contributed by atoms with Crippen LogP contribution in [0.2, 0.25) is 0 Å². The summed E-state index contributed by atoms with van der Waals surface area (Å²) in [6.07, 6.45) is 1.29. The van der Waals surface area contributed by atoms with Crippen molar-refractivity contribution in [1.82, 2.24) is 29.5 Å². The number of ether oxygens (including phenoxy) is 2. The number of primary amides is 1. The number of H-pyrrole nitrogens is 2. The highest BCUT2D eigenvalue weighted by Gasteiger charge is 2.20. The van der Waals surface area contributed by atoms with E-state index in [0.29, 0.717) is 11.5 Å². The van der Waals surface area contributed by atoms with Crippen LogP contribution in [0.1, 0.15) is 18.5 Å². The summed E-state index contributed by atoms with van der Waals surface area (Å²) in [6.45, 7) is 1.76. The lowest BCUT2D eigenvalue weighted by Gasteiger charge is -2.09. The van der Waals surface area contributed by atoms with Crippen molar-refractivity contribution in [2.24, 2.45) is 5.73 Å². The molecule has 1 aromatic carbocycles. The molecule has 12 nitrogen and oxygen atoms in total. The van der Waals surface area contributed by atoms with Gasteiger partial charge in [-0.2, -0.15) is 5.10 Å². The number of carbonyl (C=O) groups excluding carboxylic acids is 1. The molecule has 0 bridgehead atoms. The monoisotopic (exact) mass is 469 g/mol. The van der Waals surface area contributed by atoms with Crippen LogP contribution < -0.4 is 26.6 Å². The fourth-order valence-corrected chi connectivity index (χ4v) is 2.97. The van der Waals surface area contributed by atoms with Crippen LogP contribution in [0.3, 0.4) is 0 Å². The molecule has 29 heavy (non-hydrogen) atoms. The minimum atomic E-state index is -0.795. The topological polar surface area (TPSA) is 163 Å². The molecule has 0 fully saturated rings. The second-order valence-corrected chi connectivity index (χ2v) is 6.40. The van der Waals surface area contributed by atoms with Gasteiger partial charge in [-0.15, -0.1) is 5.10 Å². The third kappa shape index (κ3) is 5.34. The number of halogens is 1. The van der Waals surface area contributed by atoms with Gasteiger partial charge in [0.2, 0.25) is 10.6 Å². The van der Waals surface area contributed by atoms with Gasteiger partial charge < -0.3 is 15.2 Å². The number of benzene rings is 1. The highest BCUT2D eigenvalue weighted by Crippen LogP contribution is 2.27. The fourth-order valence-electron chi connectivity index (χ4n) is 2.32. The lowest BCUT2D eigenvalue weighted by Crippen LogP contribution is -2.33. The number of hydrogen-bond donors (Lipinski definition) is 3. The van der Waals surface area contributed by atoms with E-state index in [1.165, 1.54) is 29.6 Å². The molecule has 1 amide bonds.